The first-order chi connectivity index (χ1) is 9.58. The van der Waals surface area contributed by atoms with Gasteiger partial charge in [0.25, 0.3) is 0 Å². The van der Waals surface area contributed by atoms with Crippen LogP contribution in [0, 0.1) is 17.5 Å². The van der Waals surface area contributed by atoms with Crippen molar-refractivity contribution in [2.75, 3.05) is 6.54 Å². The lowest BCUT2D eigenvalue weighted by atomic mass is 10.2. The van der Waals surface area contributed by atoms with E-state index >= 15 is 0 Å². The minimum absolute atomic E-state index is 0.147. The zero-order valence-corrected chi connectivity index (χ0v) is 10.9. The second-order valence-corrected chi connectivity index (χ2v) is 4.25. The highest BCUT2D eigenvalue weighted by molar-refractivity contribution is 5.35. The SMILES string of the molecule is CCNCc1cc(F)cc(Oc2ccc(F)cc2F)c1. The van der Waals surface area contributed by atoms with Crippen molar-refractivity contribution in [2.24, 2.45) is 0 Å². The first-order valence-electron chi connectivity index (χ1n) is 6.21. The van der Waals surface area contributed by atoms with Crippen LogP contribution >= 0.6 is 0 Å². The van der Waals surface area contributed by atoms with Gasteiger partial charge in [-0.15, -0.1) is 0 Å². The fraction of sp³-hybridized carbons (Fsp3) is 0.200. The molecule has 0 bridgehead atoms. The van der Waals surface area contributed by atoms with Crippen LogP contribution in [0.4, 0.5) is 13.2 Å². The second kappa shape index (κ2) is 6.43. The number of rotatable bonds is 5. The van der Waals surface area contributed by atoms with Crippen LogP contribution in [0.2, 0.25) is 0 Å². The Labute approximate surface area is 115 Å². The molecule has 2 rings (SSSR count). The van der Waals surface area contributed by atoms with Crippen molar-refractivity contribution >= 4 is 0 Å². The lowest BCUT2D eigenvalue weighted by molar-refractivity contribution is 0.433. The van der Waals surface area contributed by atoms with Crippen LogP contribution in [0.1, 0.15) is 12.5 Å². The van der Waals surface area contributed by atoms with Crippen LogP contribution in [-0.2, 0) is 6.54 Å². The molecule has 20 heavy (non-hydrogen) atoms. The summed E-state index contributed by atoms with van der Waals surface area (Å²) in [6, 6.07) is 7.09. The Morgan fingerprint density at radius 3 is 2.50 bits per heavy atom. The molecule has 0 saturated heterocycles. The molecule has 2 aromatic carbocycles. The van der Waals surface area contributed by atoms with Gasteiger partial charge >= 0.3 is 0 Å². The van der Waals surface area contributed by atoms with Crippen LogP contribution in [-0.4, -0.2) is 6.54 Å². The third-order valence-electron chi connectivity index (χ3n) is 2.63. The topological polar surface area (TPSA) is 21.3 Å². The van der Waals surface area contributed by atoms with Gasteiger partial charge in [0, 0.05) is 18.7 Å². The van der Waals surface area contributed by atoms with Gasteiger partial charge in [0.15, 0.2) is 11.6 Å². The van der Waals surface area contributed by atoms with Crippen LogP contribution in [0.3, 0.4) is 0 Å². The maximum Gasteiger partial charge on any atom is 0.168 e. The zero-order chi connectivity index (χ0) is 14.5. The van der Waals surface area contributed by atoms with Crippen molar-refractivity contribution in [1.82, 2.24) is 5.32 Å². The maximum absolute atomic E-state index is 13.5. The van der Waals surface area contributed by atoms with Gasteiger partial charge in [-0.2, -0.15) is 0 Å². The molecule has 0 aliphatic heterocycles. The molecule has 0 atom stereocenters. The van der Waals surface area contributed by atoms with Gasteiger partial charge in [-0.25, -0.2) is 13.2 Å². The molecule has 0 aliphatic carbocycles. The fourth-order valence-electron chi connectivity index (χ4n) is 1.74. The number of ether oxygens (including phenoxy) is 1. The van der Waals surface area contributed by atoms with Crippen LogP contribution in [0.25, 0.3) is 0 Å². The summed E-state index contributed by atoms with van der Waals surface area (Å²) in [7, 11) is 0. The van der Waals surface area contributed by atoms with Crippen molar-refractivity contribution in [1.29, 1.82) is 0 Å². The smallest absolute Gasteiger partial charge is 0.168 e. The predicted molar refractivity (Wildman–Crippen MR) is 70.2 cm³/mol. The molecule has 0 amide bonds. The largest absolute Gasteiger partial charge is 0.454 e. The van der Waals surface area contributed by atoms with Crippen molar-refractivity contribution in [3.63, 3.8) is 0 Å². The zero-order valence-electron chi connectivity index (χ0n) is 10.9. The van der Waals surface area contributed by atoms with E-state index in [0.717, 1.165) is 18.7 Å². The third kappa shape index (κ3) is 3.74. The molecule has 0 saturated carbocycles. The number of hydrogen-bond acceptors (Lipinski definition) is 2. The van der Waals surface area contributed by atoms with Gasteiger partial charge in [0.05, 0.1) is 0 Å². The average molecular weight is 281 g/mol. The molecule has 0 heterocycles. The minimum Gasteiger partial charge on any atom is -0.454 e. The van der Waals surface area contributed by atoms with E-state index in [4.69, 9.17) is 4.74 Å². The monoisotopic (exact) mass is 281 g/mol. The van der Waals surface area contributed by atoms with Gasteiger partial charge in [0.2, 0.25) is 0 Å². The predicted octanol–water partition coefficient (Wildman–Crippen LogP) is 4.01. The molecule has 0 unspecified atom stereocenters. The lowest BCUT2D eigenvalue weighted by Crippen LogP contribution is -2.11. The number of benzene rings is 2. The summed E-state index contributed by atoms with van der Waals surface area (Å²) in [4.78, 5) is 0. The summed E-state index contributed by atoms with van der Waals surface area (Å²) in [6.07, 6.45) is 0. The summed E-state index contributed by atoms with van der Waals surface area (Å²) in [5, 5.41) is 3.06. The van der Waals surface area contributed by atoms with E-state index in [2.05, 4.69) is 5.32 Å². The van der Waals surface area contributed by atoms with Crippen molar-refractivity contribution in [3.05, 3.63) is 59.4 Å². The second-order valence-electron chi connectivity index (χ2n) is 4.25. The molecule has 2 nitrogen and oxygen atoms in total. The van der Waals surface area contributed by atoms with Gasteiger partial charge in [-0.05, 0) is 36.4 Å². The molecular weight excluding hydrogens is 267 g/mol. The molecule has 0 aliphatic rings. The van der Waals surface area contributed by atoms with Crippen molar-refractivity contribution in [2.45, 2.75) is 13.5 Å². The molecule has 1 N–H and O–H groups in total. The highest BCUT2D eigenvalue weighted by Crippen LogP contribution is 2.26. The lowest BCUT2D eigenvalue weighted by Gasteiger charge is -2.09. The van der Waals surface area contributed by atoms with E-state index in [1.807, 2.05) is 6.92 Å². The van der Waals surface area contributed by atoms with Gasteiger partial charge in [0.1, 0.15) is 17.4 Å². The van der Waals surface area contributed by atoms with E-state index in [9.17, 15) is 13.2 Å². The van der Waals surface area contributed by atoms with E-state index in [1.54, 1.807) is 6.07 Å². The van der Waals surface area contributed by atoms with Crippen molar-refractivity contribution < 1.29 is 17.9 Å². The summed E-state index contributed by atoms with van der Waals surface area (Å²) in [5.41, 5.74) is 0.685. The third-order valence-corrected chi connectivity index (χ3v) is 2.63. The van der Waals surface area contributed by atoms with Gasteiger partial charge in [-0.3, -0.25) is 0 Å². The molecule has 0 radical (unpaired) electrons. The Hall–Kier alpha value is -2.01. The summed E-state index contributed by atoms with van der Waals surface area (Å²) >= 11 is 0. The normalized spacial score (nSPS) is 10.6. The van der Waals surface area contributed by atoms with Crippen molar-refractivity contribution in [3.8, 4) is 11.5 Å². The first kappa shape index (κ1) is 14.4. The first-order valence-corrected chi connectivity index (χ1v) is 6.21. The summed E-state index contributed by atoms with van der Waals surface area (Å²) in [5.74, 6) is -1.97. The Morgan fingerprint density at radius 1 is 1.00 bits per heavy atom. The van der Waals surface area contributed by atoms with Crippen LogP contribution < -0.4 is 10.1 Å². The number of halogens is 3. The van der Waals surface area contributed by atoms with E-state index in [0.29, 0.717) is 18.2 Å². The van der Waals surface area contributed by atoms with E-state index in [-0.39, 0.29) is 11.5 Å². The number of nitrogens with one attached hydrogen (secondary N) is 1. The molecule has 0 fully saturated rings. The maximum atomic E-state index is 13.5. The standard InChI is InChI=1S/C15H14F3NO/c1-2-19-9-10-5-12(17)7-13(6-10)20-15-4-3-11(16)8-14(15)18/h3-8,19H,2,9H2,1H3. The highest BCUT2D eigenvalue weighted by Gasteiger charge is 2.08. The Kier molecular flexibility index (Phi) is 4.63. The molecule has 5 heteroatoms. The molecule has 106 valence electrons. The van der Waals surface area contributed by atoms with E-state index < -0.39 is 17.5 Å². The Bertz CT molecular complexity index is 602. The molecule has 0 aromatic heterocycles. The average Bonchev–Trinajstić information content (AvgIpc) is 2.39. The fourth-order valence-corrected chi connectivity index (χ4v) is 1.74. The Balaban J connectivity index is 2.21. The summed E-state index contributed by atoms with van der Waals surface area (Å²) in [6.45, 7) is 3.17. The van der Waals surface area contributed by atoms with Gasteiger partial charge < -0.3 is 10.1 Å². The van der Waals surface area contributed by atoms with Crippen LogP contribution in [0.15, 0.2) is 36.4 Å². The minimum atomic E-state index is -0.831. The number of hydrogen-bond donors (Lipinski definition) is 1. The Morgan fingerprint density at radius 2 is 1.80 bits per heavy atom. The summed E-state index contributed by atoms with van der Waals surface area (Å²) < 4.78 is 45.0. The van der Waals surface area contributed by atoms with E-state index in [1.165, 1.54) is 12.1 Å². The van der Waals surface area contributed by atoms with Crippen LogP contribution in [0.5, 0.6) is 11.5 Å². The quantitative estimate of drug-likeness (QED) is 0.894. The molecule has 0 spiro atoms. The molecular formula is C15H14F3NO. The molecule has 2 aromatic rings. The highest BCUT2D eigenvalue weighted by atomic mass is 19.1. The van der Waals surface area contributed by atoms with Gasteiger partial charge in [-0.1, -0.05) is 6.92 Å².